The molecule has 0 fully saturated rings. The quantitative estimate of drug-likeness (QED) is 0.692. The summed E-state index contributed by atoms with van der Waals surface area (Å²) in [6.07, 6.45) is 2.56. The summed E-state index contributed by atoms with van der Waals surface area (Å²) in [5.41, 5.74) is 1.92. The zero-order chi connectivity index (χ0) is 16.6. The molecule has 0 bridgehead atoms. The van der Waals surface area contributed by atoms with Crippen molar-refractivity contribution in [1.29, 1.82) is 0 Å². The van der Waals surface area contributed by atoms with Gasteiger partial charge < -0.3 is 9.84 Å². The smallest absolute Gasteiger partial charge is 0.278 e. The molecule has 1 aliphatic carbocycles. The van der Waals surface area contributed by atoms with E-state index < -0.39 is 10.8 Å². The number of aryl methyl sites for hydroxylation is 1. The Labute approximate surface area is 132 Å². The van der Waals surface area contributed by atoms with E-state index in [2.05, 4.69) is 17.4 Å². The third-order valence-corrected chi connectivity index (χ3v) is 4.25. The molecule has 1 heterocycles. The first-order valence-electron chi connectivity index (χ1n) is 7.50. The lowest BCUT2D eigenvalue weighted by Gasteiger charge is -2.16. The van der Waals surface area contributed by atoms with E-state index in [0.717, 1.165) is 30.6 Å². The zero-order valence-corrected chi connectivity index (χ0v) is 13.0. The molecule has 1 atom stereocenters. The maximum Gasteiger partial charge on any atom is 0.278 e. The molecule has 1 aromatic heterocycles. The molecule has 1 aliphatic rings. The van der Waals surface area contributed by atoms with Gasteiger partial charge in [0.25, 0.3) is 11.6 Å². The molecule has 0 radical (unpaired) electrons. The number of benzene rings is 1. The number of amides is 1. The van der Waals surface area contributed by atoms with Gasteiger partial charge in [0.1, 0.15) is 5.76 Å². The molecule has 7 heteroatoms. The molecule has 120 valence electrons. The number of hydrogen-bond acceptors (Lipinski definition) is 5. The number of hydrogen-bond donors (Lipinski definition) is 1. The van der Waals surface area contributed by atoms with Crippen LogP contribution in [-0.4, -0.2) is 16.0 Å². The Morgan fingerprint density at radius 1 is 1.48 bits per heavy atom. The fraction of sp³-hybridized carbons (Fsp3) is 0.375. The van der Waals surface area contributed by atoms with Gasteiger partial charge in [-0.15, -0.1) is 0 Å². The van der Waals surface area contributed by atoms with Crippen molar-refractivity contribution < 1.29 is 14.2 Å². The van der Waals surface area contributed by atoms with Crippen molar-refractivity contribution in [1.82, 2.24) is 5.16 Å². The molecule has 7 nitrogen and oxygen atoms in total. The Hall–Kier alpha value is -2.70. The molecule has 1 aromatic carbocycles. The first kappa shape index (κ1) is 15.2. The third kappa shape index (κ3) is 2.81. The second kappa shape index (κ2) is 5.83. The molecule has 0 saturated heterocycles. The number of nitrogens with one attached hydrogen (secondary N) is 1. The largest absolute Gasteiger partial charge is 0.360 e. The van der Waals surface area contributed by atoms with Gasteiger partial charge in [0.2, 0.25) is 0 Å². The van der Waals surface area contributed by atoms with E-state index in [-0.39, 0.29) is 11.4 Å². The van der Waals surface area contributed by atoms with Crippen LogP contribution in [0.2, 0.25) is 0 Å². The zero-order valence-electron chi connectivity index (χ0n) is 13.0. The summed E-state index contributed by atoms with van der Waals surface area (Å²) in [6, 6.07) is 4.58. The maximum absolute atomic E-state index is 12.5. The van der Waals surface area contributed by atoms with Gasteiger partial charge in [0.15, 0.2) is 5.69 Å². The summed E-state index contributed by atoms with van der Waals surface area (Å²) < 4.78 is 5.27. The lowest BCUT2D eigenvalue weighted by molar-refractivity contribution is -0.385. The minimum Gasteiger partial charge on any atom is -0.360 e. The van der Waals surface area contributed by atoms with Crippen LogP contribution in [0.5, 0.6) is 0 Å². The standard InChI is InChI=1S/C16H17N3O4/c1-9-6-7-14-11(8-9)15(18-23-14)16(20)17-12-4-3-5-13(10(12)2)19(21)22/h3-5,9H,6-8H2,1-2H3,(H,17,20)/t9-/m1/s1. The highest BCUT2D eigenvalue weighted by atomic mass is 16.6. The number of rotatable bonds is 3. The van der Waals surface area contributed by atoms with E-state index >= 15 is 0 Å². The average molecular weight is 315 g/mol. The minimum absolute atomic E-state index is 0.0291. The molecule has 1 N–H and O–H groups in total. The number of fused-ring (bicyclic) bond motifs is 1. The first-order chi connectivity index (χ1) is 11.0. The predicted octanol–water partition coefficient (Wildman–Crippen LogP) is 3.27. The Morgan fingerprint density at radius 2 is 2.26 bits per heavy atom. The van der Waals surface area contributed by atoms with E-state index in [1.54, 1.807) is 19.1 Å². The number of nitro benzene ring substituents is 1. The van der Waals surface area contributed by atoms with Gasteiger partial charge >= 0.3 is 0 Å². The Morgan fingerprint density at radius 3 is 3.00 bits per heavy atom. The van der Waals surface area contributed by atoms with E-state index in [1.807, 2.05) is 0 Å². The third-order valence-electron chi connectivity index (χ3n) is 4.25. The van der Waals surface area contributed by atoms with Crippen LogP contribution in [-0.2, 0) is 12.8 Å². The molecule has 0 aliphatic heterocycles. The summed E-state index contributed by atoms with van der Waals surface area (Å²) in [5, 5.41) is 17.6. The van der Waals surface area contributed by atoms with Gasteiger partial charge in [-0.3, -0.25) is 14.9 Å². The fourth-order valence-electron chi connectivity index (χ4n) is 2.89. The highest BCUT2D eigenvalue weighted by molar-refractivity contribution is 6.04. The number of carbonyl (C=O) groups excluding carboxylic acids is 1. The topological polar surface area (TPSA) is 98.3 Å². The maximum atomic E-state index is 12.5. The van der Waals surface area contributed by atoms with E-state index in [4.69, 9.17) is 4.52 Å². The van der Waals surface area contributed by atoms with Gasteiger partial charge in [-0.05, 0) is 31.7 Å². The summed E-state index contributed by atoms with van der Waals surface area (Å²) >= 11 is 0. The molecule has 0 saturated carbocycles. The molecule has 2 aromatic rings. The van der Waals surface area contributed by atoms with Gasteiger partial charge in [0.05, 0.1) is 16.2 Å². The Balaban J connectivity index is 1.88. The second-order valence-corrected chi connectivity index (χ2v) is 5.94. The van der Waals surface area contributed by atoms with Gasteiger partial charge in [-0.2, -0.15) is 0 Å². The van der Waals surface area contributed by atoms with Crippen molar-refractivity contribution >= 4 is 17.3 Å². The van der Waals surface area contributed by atoms with Crippen LogP contribution < -0.4 is 5.32 Å². The Bertz CT molecular complexity index is 782. The van der Waals surface area contributed by atoms with Crippen molar-refractivity contribution in [3.8, 4) is 0 Å². The number of nitro groups is 1. The number of nitrogens with zero attached hydrogens (tertiary/aromatic N) is 2. The normalized spacial score (nSPS) is 16.7. The average Bonchev–Trinajstić information content (AvgIpc) is 2.92. The highest BCUT2D eigenvalue weighted by Gasteiger charge is 2.27. The Kier molecular flexibility index (Phi) is 3.85. The molecule has 3 rings (SSSR count). The number of aromatic nitrogens is 1. The van der Waals surface area contributed by atoms with Crippen molar-refractivity contribution in [2.24, 2.45) is 5.92 Å². The second-order valence-electron chi connectivity index (χ2n) is 5.94. The lowest BCUT2D eigenvalue weighted by Crippen LogP contribution is -2.18. The van der Waals surface area contributed by atoms with Crippen LogP contribution >= 0.6 is 0 Å². The van der Waals surface area contributed by atoms with Crippen LogP contribution in [0.25, 0.3) is 0 Å². The molecule has 1 amide bonds. The van der Waals surface area contributed by atoms with E-state index in [1.165, 1.54) is 6.07 Å². The van der Waals surface area contributed by atoms with Crippen LogP contribution in [0.4, 0.5) is 11.4 Å². The molecule has 23 heavy (non-hydrogen) atoms. The monoisotopic (exact) mass is 315 g/mol. The minimum atomic E-state index is -0.468. The number of anilines is 1. The van der Waals surface area contributed by atoms with Crippen LogP contribution in [0.3, 0.4) is 0 Å². The van der Waals surface area contributed by atoms with Crippen molar-refractivity contribution in [2.45, 2.75) is 33.1 Å². The summed E-state index contributed by atoms with van der Waals surface area (Å²) in [7, 11) is 0. The van der Waals surface area contributed by atoms with Crippen molar-refractivity contribution in [2.75, 3.05) is 5.32 Å². The van der Waals surface area contributed by atoms with Crippen molar-refractivity contribution in [3.63, 3.8) is 0 Å². The first-order valence-corrected chi connectivity index (χ1v) is 7.50. The van der Waals surface area contributed by atoms with Gasteiger partial charge in [-0.25, -0.2) is 0 Å². The van der Waals surface area contributed by atoms with Crippen LogP contribution in [0.1, 0.15) is 40.7 Å². The lowest BCUT2D eigenvalue weighted by atomic mass is 9.88. The molecule has 0 spiro atoms. The summed E-state index contributed by atoms with van der Waals surface area (Å²) in [6.45, 7) is 3.73. The summed E-state index contributed by atoms with van der Waals surface area (Å²) in [5.74, 6) is 0.852. The van der Waals surface area contributed by atoms with Gasteiger partial charge in [-0.1, -0.05) is 18.1 Å². The molecular formula is C16H17N3O4. The molecular weight excluding hydrogens is 298 g/mol. The van der Waals surface area contributed by atoms with Crippen LogP contribution in [0, 0.1) is 23.0 Å². The van der Waals surface area contributed by atoms with Crippen molar-refractivity contribution in [3.05, 3.63) is 50.9 Å². The van der Waals surface area contributed by atoms with E-state index in [9.17, 15) is 14.9 Å². The summed E-state index contributed by atoms with van der Waals surface area (Å²) in [4.78, 5) is 23.0. The van der Waals surface area contributed by atoms with E-state index in [0.29, 0.717) is 17.2 Å². The number of carbonyl (C=O) groups is 1. The fourth-order valence-corrected chi connectivity index (χ4v) is 2.89. The predicted molar refractivity (Wildman–Crippen MR) is 83.5 cm³/mol. The SMILES string of the molecule is Cc1c(NC(=O)c2noc3c2C[C@H](C)CC3)cccc1[N+](=O)[O-]. The molecule has 0 unspecified atom stereocenters. The highest BCUT2D eigenvalue weighted by Crippen LogP contribution is 2.29. The van der Waals surface area contributed by atoms with Gasteiger partial charge in [0, 0.05) is 18.1 Å². The van der Waals surface area contributed by atoms with Crippen LogP contribution in [0.15, 0.2) is 22.7 Å².